The number of nitrogens with one attached hydrogen (secondary N) is 2. The molecule has 4 heterocycles. The third-order valence-electron chi connectivity index (χ3n) is 10.1. The number of benzene rings is 1. The average molecular weight is 623 g/mol. The summed E-state index contributed by atoms with van der Waals surface area (Å²) in [5, 5.41) is 10.9. The molecular weight excluding hydrogens is 578 g/mol. The number of fused-ring (bicyclic) bond motifs is 1. The maximum Gasteiger partial charge on any atom is 0.259 e. The highest BCUT2D eigenvalue weighted by atomic mass is 19.1. The molecule has 3 aromatic rings. The molecule has 12 heteroatoms. The largest absolute Gasteiger partial charge is 0.381 e. The van der Waals surface area contributed by atoms with Crippen LogP contribution in [0.15, 0.2) is 36.7 Å². The van der Waals surface area contributed by atoms with Crippen molar-refractivity contribution in [1.29, 1.82) is 0 Å². The first-order chi connectivity index (χ1) is 21.8. The lowest BCUT2D eigenvalue weighted by Gasteiger charge is -2.51. The van der Waals surface area contributed by atoms with Crippen LogP contribution in [0.5, 0.6) is 0 Å². The number of nitrogens with zero attached hydrogens (tertiary/aromatic N) is 5. The van der Waals surface area contributed by atoms with Crippen LogP contribution in [0.4, 0.5) is 14.6 Å². The second-order valence-corrected chi connectivity index (χ2v) is 13.0. The Morgan fingerprint density at radius 3 is 2.31 bits per heavy atom. The number of hydrogen-bond donors (Lipinski definition) is 3. The van der Waals surface area contributed by atoms with Crippen molar-refractivity contribution in [3.05, 3.63) is 59.2 Å². The lowest BCUT2D eigenvalue weighted by molar-refractivity contribution is 0.0621. The zero-order valence-electron chi connectivity index (χ0n) is 26.0. The Labute approximate surface area is 262 Å². The van der Waals surface area contributed by atoms with Gasteiger partial charge in [-0.2, -0.15) is 0 Å². The summed E-state index contributed by atoms with van der Waals surface area (Å²) in [6.45, 7) is 3.16. The van der Waals surface area contributed by atoms with Gasteiger partial charge in [0, 0.05) is 49.7 Å². The van der Waals surface area contributed by atoms with Gasteiger partial charge in [0.1, 0.15) is 11.7 Å². The van der Waals surface area contributed by atoms with Gasteiger partial charge in [0.2, 0.25) is 0 Å². The molecule has 3 aliphatic rings. The summed E-state index contributed by atoms with van der Waals surface area (Å²) >= 11 is 0. The molecule has 0 bridgehead atoms. The number of piperidine rings is 1. The van der Waals surface area contributed by atoms with Crippen molar-refractivity contribution in [2.45, 2.75) is 81.5 Å². The molecule has 3 fully saturated rings. The smallest absolute Gasteiger partial charge is 0.259 e. The van der Waals surface area contributed by atoms with Gasteiger partial charge in [-0.1, -0.05) is 57.1 Å². The van der Waals surface area contributed by atoms with Crippen LogP contribution in [0.1, 0.15) is 90.0 Å². The highest BCUT2D eigenvalue weighted by molar-refractivity contribution is 6.04. The predicted octanol–water partition coefficient (Wildman–Crippen LogP) is 3.93. The van der Waals surface area contributed by atoms with Crippen molar-refractivity contribution < 1.29 is 18.4 Å². The zero-order valence-corrected chi connectivity index (χ0v) is 26.0. The van der Waals surface area contributed by atoms with Gasteiger partial charge in [-0.25, -0.2) is 18.3 Å². The number of rotatable bonds is 4. The number of alkyl halides is 1. The van der Waals surface area contributed by atoms with Gasteiger partial charge in [0.15, 0.2) is 17.3 Å². The SMILES string of the molecule is CN1CCN(C(=O)c2ccc(C3C(F)CNC4(CCCCCCCCC4)C3NC(=O)c3c(N)nn4cc(F)cnc34)cc2)CC1. The molecule has 0 radical (unpaired) electrons. The Balaban J connectivity index is 1.34. The number of anilines is 1. The molecule has 6 rings (SSSR count). The van der Waals surface area contributed by atoms with Crippen LogP contribution in [0.2, 0.25) is 0 Å². The summed E-state index contributed by atoms with van der Waals surface area (Å²) in [6.07, 6.45) is 10.0. The van der Waals surface area contributed by atoms with E-state index in [0.717, 1.165) is 86.9 Å². The molecule has 242 valence electrons. The van der Waals surface area contributed by atoms with Gasteiger partial charge in [-0.3, -0.25) is 9.59 Å². The van der Waals surface area contributed by atoms with Crippen LogP contribution in [0.25, 0.3) is 5.65 Å². The molecular formula is C33H44F2N8O2. The summed E-state index contributed by atoms with van der Waals surface area (Å²) in [4.78, 5) is 35.4. The van der Waals surface area contributed by atoms with Crippen LogP contribution in [0.3, 0.4) is 0 Å². The summed E-state index contributed by atoms with van der Waals surface area (Å²) in [6, 6.07) is 6.62. The number of piperazine rings is 1. The molecule has 10 nitrogen and oxygen atoms in total. The minimum absolute atomic E-state index is 0.0297. The minimum Gasteiger partial charge on any atom is -0.381 e. The highest BCUT2D eigenvalue weighted by Gasteiger charge is 2.50. The molecule has 2 aromatic heterocycles. The van der Waals surface area contributed by atoms with E-state index in [9.17, 15) is 14.0 Å². The Morgan fingerprint density at radius 1 is 1.00 bits per heavy atom. The maximum absolute atomic E-state index is 16.2. The molecule has 2 saturated heterocycles. The molecule has 45 heavy (non-hydrogen) atoms. The quantitative estimate of drug-likeness (QED) is 0.403. The molecule has 1 saturated carbocycles. The van der Waals surface area contributed by atoms with Gasteiger partial charge in [0.25, 0.3) is 11.8 Å². The third-order valence-corrected chi connectivity index (χ3v) is 10.1. The van der Waals surface area contributed by atoms with Crippen LogP contribution >= 0.6 is 0 Å². The summed E-state index contributed by atoms with van der Waals surface area (Å²) in [7, 11) is 2.05. The number of nitrogens with two attached hydrogens (primary N) is 1. The van der Waals surface area contributed by atoms with Gasteiger partial charge < -0.3 is 26.2 Å². The van der Waals surface area contributed by atoms with E-state index in [1.165, 1.54) is 6.42 Å². The summed E-state index contributed by atoms with van der Waals surface area (Å²) < 4.78 is 31.2. The van der Waals surface area contributed by atoms with Crippen molar-refractivity contribution >= 4 is 23.3 Å². The number of aromatic nitrogens is 3. The fourth-order valence-corrected chi connectivity index (χ4v) is 7.50. The summed E-state index contributed by atoms with van der Waals surface area (Å²) in [5.41, 5.74) is 7.09. The van der Waals surface area contributed by atoms with E-state index in [1.807, 2.05) is 24.1 Å². The first-order valence-electron chi connectivity index (χ1n) is 16.3. The molecule has 3 unspecified atom stereocenters. The highest BCUT2D eigenvalue weighted by Crippen LogP contribution is 2.41. The first-order valence-corrected chi connectivity index (χ1v) is 16.3. The normalized spacial score (nSPS) is 24.9. The number of amides is 2. The lowest BCUT2D eigenvalue weighted by Crippen LogP contribution is -2.69. The Bertz CT molecular complexity index is 1490. The van der Waals surface area contributed by atoms with Crippen molar-refractivity contribution in [3.8, 4) is 0 Å². The second-order valence-electron chi connectivity index (χ2n) is 13.0. The van der Waals surface area contributed by atoms with E-state index < -0.39 is 35.4 Å². The first kappa shape index (κ1) is 31.3. The molecule has 4 N–H and O–H groups in total. The number of likely N-dealkylation sites (N-methyl/N-ethyl adjacent to an activating group) is 1. The van der Waals surface area contributed by atoms with E-state index >= 15 is 4.39 Å². The molecule has 1 aliphatic carbocycles. The van der Waals surface area contributed by atoms with E-state index in [2.05, 4.69) is 25.6 Å². The average Bonchev–Trinajstić information content (AvgIpc) is 3.37. The van der Waals surface area contributed by atoms with Gasteiger partial charge in [-0.05, 0) is 37.6 Å². The molecule has 2 aliphatic heterocycles. The van der Waals surface area contributed by atoms with Crippen LogP contribution < -0.4 is 16.4 Å². The number of nitrogen functional groups attached to an aromatic ring is 1. The van der Waals surface area contributed by atoms with Gasteiger partial charge in [-0.15, -0.1) is 5.10 Å². The Morgan fingerprint density at radius 2 is 1.64 bits per heavy atom. The standard InChI is InChI=1S/C33H44F2N8O2/c1-41-15-17-42(18-16-41)32(45)23-11-9-22(10-12-23)26-25(35)20-38-33(13-7-5-3-2-4-6-8-14-33)28(26)39-31(44)27-29(36)40-43-21-24(34)19-37-30(27)43/h9-12,19,21,25-26,28,38H,2-8,13-18,20H2,1H3,(H2,36,40)(H,39,44). The van der Waals surface area contributed by atoms with Crippen molar-refractivity contribution in [3.63, 3.8) is 0 Å². The summed E-state index contributed by atoms with van der Waals surface area (Å²) in [5.74, 6) is -1.90. The van der Waals surface area contributed by atoms with Crippen molar-refractivity contribution in [2.24, 2.45) is 0 Å². The zero-order chi connectivity index (χ0) is 31.6. The molecule has 1 aromatic carbocycles. The van der Waals surface area contributed by atoms with E-state index in [0.29, 0.717) is 18.7 Å². The van der Waals surface area contributed by atoms with Crippen LogP contribution in [-0.4, -0.2) is 93.7 Å². The lowest BCUT2D eigenvalue weighted by atomic mass is 9.68. The molecule has 2 amide bonds. The second kappa shape index (κ2) is 13.4. The third kappa shape index (κ3) is 6.53. The van der Waals surface area contributed by atoms with Crippen molar-refractivity contribution in [2.75, 3.05) is 45.5 Å². The van der Waals surface area contributed by atoms with E-state index in [-0.39, 0.29) is 29.5 Å². The number of carbonyl (C=O) groups excluding carboxylic acids is 2. The minimum atomic E-state index is -1.29. The monoisotopic (exact) mass is 622 g/mol. The number of hydrogen-bond acceptors (Lipinski definition) is 7. The van der Waals surface area contributed by atoms with Crippen LogP contribution in [0, 0.1) is 5.82 Å². The maximum atomic E-state index is 16.2. The molecule has 1 spiro atoms. The predicted molar refractivity (Wildman–Crippen MR) is 168 cm³/mol. The van der Waals surface area contributed by atoms with Crippen molar-refractivity contribution in [1.82, 2.24) is 35.0 Å². The van der Waals surface area contributed by atoms with Gasteiger partial charge in [0.05, 0.1) is 18.4 Å². The van der Waals surface area contributed by atoms with Crippen LogP contribution in [-0.2, 0) is 0 Å². The topological polar surface area (TPSA) is 121 Å². The number of carbonyl (C=O) groups is 2. The number of halogens is 2. The van der Waals surface area contributed by atoms with E-state index in [1.54, 1.807) is 12.1 Å². The fraction of sp³-hybridized carbons (Fsp3) is 0.576. The Kier molecular flexibility index (Phi) is 9.32. The molecule has 3 atom stereocenters. The Hall–Kier alpha value is -3.64. The fourth-order valence-electron chi connectivity index (χ4n) is 7.50. The van der Waals surface area contributed by atoms with E-state index in [4.69, 9.17) is 5.73 Å². The van der Waals surface area contributed by atoms with Gasteiger partial charge >= 0.3 is 0 Å².